The first-order chi connectivity index (χ1) is 52.4. The molecule has 6 aliphatic heterocycles. The van der Waals surface area contributed by atoms with Crippen LogP contribution in [0.1, 0.15) is 168 Å². The minimum Gasteiger partial charge on any atom is -0.481 e. The monoisotopic (exact) mass is 1580 g/mol. The van der Waals surface area contributed by atoms with Crippen LogP contribution in [0, 0.1) is 67.1 Å². The van der Waals surface area contributed by atoms with Gasteiger partial charge in [0.1, 0.15) is 22.3 Å². The number of piperidine rings is 3. The Morgan fingerprint density at radius 1 is 0.514 bits per heavy atom. The zero-order chi connectivity index (χ0) is 76.2. The summed E-state index contributed by atoms with van der Waals surface area (Å²) in [6.07, 6.45) is 13.8. The number of likely N-dealkylation sites (tertiary alicyclic amines) is 3. The van der Waals surface area contributed by atoms with Crippen LogP contribution in [-0.4, -0.2) is 176 Å². The topological polar surface area (TPSA) is 228 Å². The third-order valence-corrected chi connectivity index (χ3v) is 28.5. The Balaban J connectivity index is 0.000000131. The van der Waals surface area contributed by atoms with Gasteiger partial charge in [-0.3, -0.25) is 9.59 Å². The van der Waals surface area contributed by atoms with Crippen molar-refractivity contribution in [1.82, 2.24) is 44.6 Å². The van der Waals surface area contributed by atoms with Gasteiger partial charge in [-0.15, -0.1) is 22.7 Å². The van der Waals surface area contributed by atoms with E-state index in [2.05, 4.69) is 132 Å². The lowest BCUT2D eigenvalue weighted by Crippen LogP contribution is -2.58. The summed E-state index contributed by atoms with van der Waals surface area (Å²) in [6.45, 7) is 30.0. The van der Waals surface area contributed by atoms with Crippen molar-refractivity contribution in [3.05, 3.63) is 137 Å². The first-order valence-corrected chi connectivity index (χ1v) is 42.8. The second-order valence-corrected chi connectivity index (χ2v) is 36.9. The molecular weight excluding hydrogens is 1470 g/mol. The number of thiophene rings is 2. The predicted molar refractivity (Wildman–Crippen MR) is 443 cm³/mol. The van der Waals surface area contributed by atoms with Crippen LogP contribution in [0.25, 0.3) is 20.4 Å². The number of nitrogens with one attached hydrogen (secondary N) is 3. The molecule has 0 bridgehead atoms. The molecule has 109 heavy (non-hydrogen) atoms. The van der Waals surface area contributed by atoms with Gasteiger partial charge < -0.3 is 60.7 Å². The van der Waals surface area contributed by atoms with Gasteiger partial charge in [0.25, 0.3) is 0 Å². The molecule has 3 aromatic carbocycles. The molecule has 11 heterocycles. The quantitative estimate of drug-likeness (QED) is 0.0393. The Morgan fingerprint density at radius 3 is 1.45 bits per heavy atom. The molecule has 582 valence electrons. The highest BCUT2D eigenvalue weighted by molar-refractivity contribution is 7.17. The number of halogens is 3. The molecule has 0 amide bonds. The molecule has 8 aromatic rings. The van der Waals surface area contributed by atoms with Gasteiger partial charge in [0.2, 0.25) is 17.8 Å². The number of fused-ring (bicyclic) bond motifs is 3. The van der Waals surface area contributed by atoms with Crippen molar-refractivity contribution in [2.75, 3.05) is 122 Å². The van der Waals surface area contributed by atoms with Crippen LogP contribution < -0.4 is 30.7 Å². The van der Waals surface area contributed by atoms with Crippen LogP contribution in [0.4, 0.5) is 35.3 Å². The Morgan fingerprint density at radius 2 is 0.954 bits per heavy atom. The number of benzene rings is 3. The number of aliphatic hydroxyl groups excluding tert-OH is 1. The van der Waals surface area contributed by atoms with Crippen LogP contribution in [0.2, 0.25) is 15.1 Å². The van der Waals surface area contributed by atoms with E-state index in [-0.39, 0.29) is 24.7 Å². The van der Waals surface area contributed by atoms with Crippen LogP contribution >= 0.6 is 57.5 Å². The Hall–Kier alpha value is -6.73. The van der Waals surface area contributed by atoms with Gasteiger partial charge in [-0.2, -0.15) is 15.0 Å². The summed E-state index contributed by atoms with van der Waals surface area (Å²) >= 11 is 23.0. The van der Waals surface area contributed by atoms with Crippen molar-refractivity contribution in [3.63, 3.8) is 0 Å². The molecule has 6 saturated heterocycles. The predicted octanol–water partition coefficient (Wildman–Crippen LogP) is 16.7. The number of aromatic nitrogens is 6. The summed E-state index contributed by atoms with van der Waals surface area (Å²) in [5, 5.41) is 46.7. The van der Waals surface area contributed by atoms with E-state index in [0.717, 1.165) is 235 Å². The van der Waals surface area contributed by atoms with Crippen molar-refractivity contribution in [2.45, 2.75) is 169 Å². The van der Waals surface area contributed by atoms with E-state index in [4.69, 9.17) is 64.7 Å². The van der Waals surface area contributed by atoms with Crippen LogP contribution in [0.15, 0.2) is 77.5 Å². The smallest absolute Gasteiger partial charge is 0.309 e. The van der Waals surface area contributed by atoms with E-state index in [1.165, 1.54) is 55.3 Å². The van der Waals surface area contributed by atoms with Gasteiger partial charge in [-0.25, -0.2) is 15.0 Å². The van der Waals surface area contributed by atoms with Crippen molar-refractivity contribution in [3.8, 4) is 0 Å². The average molecular weight is 1580 g/mol. The van der Waals surface area contributed by atoms with E-state index < -0.39 is 22.8 Å². The number of hydrogen-bond donors (Lipinski definition) is 6. The standard InChI is InChI=1S/2C29H36ClN5O2S.C26H36ClN5O/c1-17-6-7-22(23(30)11-17)18(2)31-26-25-24(8-10-38-25)32-28(33-26)35-15-20(16-35)19-5-4-9-34(14-19)21-12-29(3,13-21)27(36)37;1-17-6-7-22(24(30)11-17)18(2)31-25-23-8-10-38-26(23)33-28(32-25)35-15-20(16-35)19-5-4-9-34(14-19)21-12-29(3,13-21)27(36)37;1-17-8-9-21(23(27)13-17)18(2)28-25-22-6-3-7-24(22)29-26(30-25)32-15-20(16-32)19-5-4-10-31(14-19)11-12-33/h2*6-8,10-11,18-21H,4-5,9,12-16H2,1-3H3,(H,36,37)(H,31,32,33);8-9,13,18-20,33H,3-7,10-12,14-16H2,1-2H3,(H,28,29,30). The zero-order valence-electron chi connectivity index (χ0n) is 64.4. The molecule has 0 spiro atoms. The number of β-amino-alcohol motifs (C(OH)–C–C–N with tert-alkyl or cyclic N) is 1. The molecule has 2 saturated carbocycles. The lowest BCUT2D eigenvalue weighted by Gasteiger charge is -2.52. The van der Waals surface area contributed by atoms with E-state index in [1.807, 2.05) is 45.9 Å². The van der Waals surface area contributed by atoms with Crippen LogP contribution in [0.3, 0.4) is 0 Å². The number of anilines is 6. The van der Waals surface area contributed by atoms with Crippen molar-refractivity contribution < 1.29 is 24.9 Å². The van der Waals surface area contributed by atoms with Gasteiger partial charge in [-0.1, -0.05) is 71.2 Å². The Bertz CT molecular complexity index is 4380. The summed E-state index contributed by atoms with van der Waals surface area (Å²) < 4.78 is 1.07. The number of aliphatic hydroxyl groups is 1. The maximum absolute atomic E-state index is 11.5. The second-order valence-electron chi connectivity index (χ2n) is 33.9. The molecule has 6 unspecified atom stereocenters. The van der Waals surface area contributed by atoms with Gasteiger partial charge in [0.15, 0.2) is 0 Å². The highest BCUT2D eigenvalue weighted by Gasteiger charge is 2.52. The molecule has 6 N–H and O–H groups in total. The third kappa shape index (κ3) is 16.9. The van der Waals surface area contributed by atoms with E-state index in [1.54, 1.807) is 22.7 Å². The normalized spacial score (nSPS) is 25.6. The summed E-state index contributed by atoms with van der Waals surface area (Å²) in [7, 11) is 0. The maximum Gasteiger partial charge on any atom is 0.309 e. The molecule has 6 atom stereocenters. The number of hydrogen-bond acceptors (Lipinski definition) is 20. The highest BCUT2D eigenvalue weighted by Crippen LogP contribution is 2.49. The summed E-state index contributed by atoms with van der Waals surface area (Å²) in [5.41, 5.74) is 9.08. The molecule has 0 radical (unpaired) electrons. The van der Waals surface area contributed by atoms with Gasteiger partial charge in [0.05, 0.1) is 56.9 Å². The Kier molecular flexibility index (Phi) is 23.3. The maximum atomic E-state index is 11.5. The van der Waals surface area contributed by atoms with Gasteiger partial charge >= 0.3 is 11.9 Å². The van der Waals surface area contributed by atoms with Crippen LogP contribution in [0.5, 0.6) is 0 Å². The lowest BCUT2D eigenvalue weighted by atomic mass is 9.65. The molecule has 8 fully saturated rings. The number of aryl methyl sites for hydroxylation is 4. The van der Waals surface area contributed by atoms with Crippen molar-refractivity contribution in [2.24, 2.45) is 46.3 Å². The largest absolute Gasteiger partial charge is 0.481 e. The summed E-state index contributed by atoms with van der Waals surface area (Å²) in [6, 6.07) is 23.7. The minimum absolute atomic E-state index is 0.0146. The number of carboxylic acids is 2. The van der Waals surface area contributed by atoms with Crippen LogP contribution in [-0.2, 0) is 22.4 Å². The lowest BCUT2D eigenvalue weighted by molar-refractivity contribution is -0.159. The second kappa shape index (κ2) is 32.8. The highest BCUT2D eigenvalue weighted by atomic mass is 35.5. The minimum atomic E-state index is -0.648. The molecule has 5 aromatic heterocycles. The van der Waals surface area contributed by atoms with E-state index in [0.29, 0.717) is 41.7 Å². The number of carboxylic acid groups (broad SMARTS) is 2. The average Bonchev–Trinajstić information content (AvgIpc) is 1.78. The molecule has 9 aliphatic rings. The van der Waals surface area contributed by atoms with Gasteiger partial charge in [-0.05, 0) is 268 Å². The van der Waals surface area contributed by atoms with Crippen molar-refractivity contribution in [1.29, 1.82) is 0 Å². The fourth-order valence-corrected chi connectivity index (χ4v) is 21.5. The van der Waals surface area contributed by atoms with Crippen molar-refractivity contribution >= 4 is 125 Å². The number of aliphatic carboxylic acids is 2. The zero-order valence-corrected chi connectivity index (χ0v) is 68.3. The number of nitrogens with zero attached hydrogens (tertiary/aromatic N) is 12. The molecule has 25 heteroatoms. The fourth-order valence-electron chi connectivity index (χ4n) is 18.7. The van der Waals surface area contributed by atoms with E-state index in [9.17, 15) is 24.9 Å². The first-order valence-electron chi connectivity index (χ1n) is 39.9. The molecule has 3 aliphatic carbocycles. The Labute approximate surface area is 665 Å². The molecule has 20 nitrogen and oxygen atoms in total. The van der Waals surface area contributed by atoms with E-state index >= 15 is 0 Å². The third-order valence-electron chi connectivity index (χ3n) is 25.8. The summed E-state index contributed by atoms with van der Waals surface area (Å²) in [4.78, 5) is 68.3. The summed E-state index contributed by atoms with van der Waals surface area (Å²) in [5.74, 6) is 7.86. The first kappa shape index (κ1) is 77.6. The number of carbonyl (C=O) groups is 2. The molecular formula is C84H108Cl3N15O5S2. The SMILES string of the molecule is Cc1ccc(C(C)Nc2nc(N3CC(C4CCCN(C5CC(C)(C(=O)O)C5)C4)C3)nc3ccsc23)c(Cl)c1.Cc1ccc(C(C)Nc2nc(N3CC(C4CCCN(C5CC(C)(C(=O)O)C5)C4)C3)nc3sccc23)c(Cl)c1.Cc1ccc(C(C)Nc2nc(N3CC(C4CCCN(CCO)C4)C3)nc3c2CCC3)c(Cl)c1. The van der Waals surface area contributed by atoms with Gasteiger partial charge in [0, 0.05) is 98.2 Å². The molecule has 17 rings (SSSR count). The number of rotatable bonds is 21. The fraction of sp³-hybridized carbons (Fsp3) is 0.571.